The van der Waals surface area contributed by atoms with Gasteiger partial charge in [-0.05, 0) is 29.7 Å². The molecule has 1 unspecified atom stereocenters. The number of aryl methyl sites for hydroxylation is 1. The molecule has 0 fully saturated rings. The fourth-order valence-corrected chi connectivity index (χ4v) is 2.64. The molecule has 2 aromatic rings. The van der Waals surface area contributed by atoms with Crippen LogP contribution in [0.5, 0.6) is 0 Å². The third-order valence-corrected chi connectivity index (χ3v) is 3.84. The van der Waals surface area contributed by atoms with Gasteiger partial charge in [0.05, 0.1) is 5.56 Å². The van der Waals surface area contributed by atoms with E-state index in [0.29, 0.717) is 12.0 Å². The highest BCUT2D eigenvalue weighted by molar-refractivity contribution is 6.00. The molecule has 1 N–H and O–H groups in total. The van der Waals surface area contributed by atoms with Crippen LogP contribution < -0.4 is 5.32 Å². The zero-order chi connectivity index (χ0) is 15.5. The summed E-state index contributed by atoms with van der Waals surface area (Å²) in [4.78, 5) is 24.4. The van der Waals surface area contributed by atoms with Gasteiger partial charge in [0.15, 0.2) is 6.10 Å². The van der Waals surface area contributed by atoms with E-state index >= 15 is 0 Å². The highest BCUT2D eigenvalue weighted by Crippen LogP contribution is 2.22. The lowest BCUT2D eigenvalue weighted by Crippen LogP contribution is -2.38. The zero-order valence-electron chi connectivity index (χ0n) is 12.3. The van der Waals surface area contributed by atoms with Crippen molar-refractivity contribution in [3.8, 4) is 0 Å². The molecule has 1 atom stereocenters. The Labute approximate surface area is 129 Å². The second kappa shape index (κ2) is 6.02. The van der Waals surface area contributed by atoms with Crippen molar-refractivity contribution in [2.24, 2.45) is 0 Å². The number of cyclic esters (lactones) is 1. The number of carbonyl (C=O) groups is 2. The fourth-order valence-electron chi connectivity index (χ4n) is 2.64. The topological polar surface area (TPSA) is 55.4 Å². The number of carbonyl (C=O) groups excluding carboxylic acids is 2. The molecule has 1 aliphatic rings. The van der Waals surface area contributed by atoms with Crippen LogP contribution in [-0.2, 0) is 22.4 Å². The molecule has 0 aliphatic carbocycles. The van der Waals surface area contributed by atoms with Gasteiger partial charge in [0.25, 0.3) is 5.91 Å². The van der Waals surface area contributed by atoms with Crippen LogP contribution in [0, 0.1) is 0 Å². The smallest absolute Gasteiger partial charge is 0.339 e. The second-order valence-electron chi connectivity index (χ2n) is 5.26. The minimum Gasteiger partial charge on any atom is -0.448 e. The molecule has 3 rings (SSSR count). The van der Waals surface area contributed by atoms with Gasteiger partial charge >= 0.3 is 5.97 Å². The summed E-state index contributed by atoms with van der Waals surface area (Å²) in [5.41, 5.74) is 3.21. The lowest BCUT2D eigenvalue weighted by Gasteiger charge is -2.24. The van der Waals surface area contributed by atoms with E-state index in [1.54, 1.807) is 12.1 Å². The van der Waals surface area contributed by atoms with Crippen molar-refractivity contribution in [1.29, 1.82) is 0 Å². The van der Waals surface area contributed by atoms with Gasteiger partial charge in [-0.3, -0.25) is 4.79 Å². The molecule has 2 aromatic carbocycles. The van der Waals surface area contributed by atoms with Crippen molar-refractivity contribution in [2.45, 2.75) is 25.9 Å². The Hall–Kier alpha value is -2.62. The van der Waals surface area contributed by atoms with E-state index in [9.17, 15) is 9.59 Å². The van der Waals surface area contributed by atoms with Crippen LogP contribution in [0.25, 0.3) is 0 Å². The Morgan fingerprint density at radius 3 is 2.73 bits per heavy atom. The van der Waals surface area contributed by atoms with E-state index in [-0.39, 0.29) is 5.91 Å². The Balaban J connectivity index is 1.78. The predicted octanol–water partition coefficient (Wildman–Crippen LogP) is 2.97. The minimum absolute atomic E-state index is 0.288. The van der Waals surface area contributed by atoms with Crippen molar-refractivity contribution >= 4 is 17.6 Å². The first-order valence-electron chi connectivity index (χ1n) is 7.36. The molecule has 0 radical (unpaired) electrons. The molecule has 22 heavy (non-hydrogen) atoms. The summed E-state index contributed by atoms with van der Waals surface area (Å²) in [6.45, 7) is 2.03. The molecular formula is C18H17NO3. The third kappa shape index (κ3) is 2.72. The predicted molar refractivity (Wildman–Crippen MR) is 83.8 cm³/mol. The Bertz CT molecular complexity index is 724. The highest BCUT2D eigenvalue weighted by atomic mass is 16.5. The Kier molecular flexibility index (Phi) is 3.92. The molecule has 0 aromatic heterocycles. The number of amides is 1. The van der Waals surface area contributed by atoms with Gasteiger partial charge in [0, 0.05) is 12.1 Å². The number of ether oxygens (including phenoxy) is 1. The summed E-state index contributed by atoms with van der Waals surface area (Å²) >= 11 is 0. The average molecular weight is 295 g/mol. The van der Waals surface area contributed by atoms with E-state index in [1.807, 2.05) is 43.3 Å². The lowest BCUT2D eigenvalue weighted by molar-refractivity contribution is -0.125. The second-order valence-corrected chi connectivity index (χ2v) is 5.26. The first-order chi connectivity index (χ1) is 10.7. The van der Waals surface area contributed by atoms with E-state index < -0.39 is 12.1 Å². The molecule has 1 aliphatic heterocycles. The third-order valence-electron chi connectivity index (χ3n) is 3.84. The maximum atomic E-state index is 12.4. The van der Waals surface area contributed by atoms with Gasteiger partial charge in [-0.25, -0.2) is 4.79 Å². The number of nitrogens with one attached hydrogen (secondary N) is 1. The summed E-state index contributed by atoms with van der Waals surface area (Å²) < 4.78 is 5.27. The largest absolute Gasteiger partial charge is 0.448 e. The van der Waals surface area contributed by atoms with Gasteiger partial charge in [-0.15, -0.1) is 0 Å². The van der Waals surface area contributed by atoms with Crippen LogP contribution in [-0.4, -0.2) is 18.0 Å². The van der Waals surface area contributed by atoms with Gasteiger partial charge in [-0.2, -0.15) is 0 Å². The molecule has 1 amide bonds. The van der Waals surface area contributed by atoms with Gasteiger partial charge < -0.3 is 10.1 Å². The quantitative estimate of drug-likeness (QED) is 0.886. The van der Waals surface area contributed by atoms with Crippen LogP contribution in [0.3, 0.4) is 0 Å². The van der Waals surface area contributed by atoms with Gasteiger partial charge in [0.2, 0.25) is 0 Å². The van der Waals surface area contributed by atoms with Gasteiger partial charge in [0.1, 0.15) is 0 Å². The van der Waals surface area contributed by atoms with Crippen molar-refractivity contribution in [2.75, 3.05) is 5.32 Å². The molecular weight excluding hydrogens is 278 g/mol. The SMILES string of the molecule is CCc1ccccc1NC(=O)C1Cc2ccccc2C(=O)O1. The van der Waals surface area contributed by atoms with Crippen molar-refractivity contribution < 1.29 is 14.3 Å². The number of anilines is 1. The number of esters is 1. The number of hydrogen-bond acceptors (Lipinski definition) is 3. The van der Waals surface area contributed by atoms with Crippen LogP contribution in [0.2, 0.25) is 0 Å². The van der Waals surface area contributed by atoms with Crippen LogP contribution in [0.1, 0.15) is 28.4 Å². The molecule has 4 nitrogen and oxygen atoms in total. The number of rotatable bonds is 3. The number of fused-ring (bicyclic) bond motifs is 1. The summed E-state index contributed by atoms with van der Waals surface area (Å²) in [6, 6.07) is 14.9. The maximum Gasteiger partial charge on any atom is 0.339 e. The van der Waals surface area contributed by atoms with Crippen LogP contribution in [0.15, 0.2) is 48.5 Å². The van der Waals surface area contributed by atoms with Crippen LogP contribution in [0.4, 0.5) is 5.69 Å². The molecule has 4 heteroatoms. The molecule has 1 heterocycles. The zero-order valence-corrected chi connectivity index (χ0v) is 12.3. The molecule has 0 bridgehead atoms. The van der Waals surface area contributed by atoms with Crippen molar-refractivity contribution in [3.63, 3.8) is 0 Å². The normalized spacial score (nSPS) is 16.6. The summed E-state index contributed by atoms with van der Waals surface area (Å²) in [6.07, 6.45) is 0.443. The van der Waals surface area contributed by atoms with E-state index in [4.69, 9.17) is 4.74 Å². The molecule has 112 valence electrons. The first kappa shape index (κ1) is 14.3. The fraction of sp³-hybridized carbons (Fsp3) is 0.222. The summed E-state index contributed by atoms with van der Waals surface area (Å²) in [5.74, 6) is -0.727. The van der Waals surface area contributed by atoms with Crippen molar-refractivity contribution in [1.82, 2.24) is 0 Å². The average Bonchev–Trinajstić information content (AvgIpc) is 2.55. The Morgan fingerprint density at radius 1 is 1.18 bits per heavy atom. The van der Waals surface area contributed by atoms with Gasteiger partial charge in [-0.1, -0.05) is 43.3 Å². The number of benzene rings is 2. The number of para-hydroxylation sites is 1. The van der Waals surface area contributed by atoms with E-state index in [1.165, 1.54) is 0 Å². The monoisotopic (exact) mass is 295 g/mol. The molecule has 0 spiro atoms. The first-order valence-corrected chi connectivity index (χ1v) is 7.36. The Morgan fingerprint density at radius 2 is 1.91 bits per heavy atom. The summed E-state index contributed by atoms with van der Waals surface area (Å²) in [7, 11) is 0. The van der Waals surface area contributed by atoms with Crippen LogP contribution >= 0.6 is 0 Å². The van der Waals surface area contributed by atoms with E-state index in [0.717, 1.165) is 23.2 Å². The lowest BCUT2D eigenvalue weighted by atomic mass is 9.98. The van der Waals surface area contributed by atoms with E-state index in [2.05, 4.69) is 5.32 Å². The summed E-state index contributed by atoms with van der Waals surface area (Å²) in [5, 5.41) is 2.87. The molecule has 0 saturated heterocycles. The maximum absolute atomic E-state index is 12.4. The standard InChI is InChI=1S/C18H17NO3/c1-2-12-7-4-6-10-15(12)19-17(20)16-11-13-8-3-5-9-14(13)18(21)22-16/h3-10,16H,2,11H2,1H3,(H,19,20). The highest BCUT2D eigenvalue weighted by Gasteiger charge is 2.31. The van der Waals surface area contributed by atoms with Crippen molar-refractivity contribution in [3.05, 3.63) is 65.2 Å². The number of hydrogen-bond donors (Lipinski definition) is 1. The minimum atomic E-state index is -0.785. The molecule has 0 saturated carbocycles.